The highest BCUT2D eigenvalue weighted by Gasteiger charge is 2.51. The highest BCUT2D eigenvalue weighted by Crippen LogP contribution is 2.51. The molecule has 3 unspecified atom stereocenters. The third-order valence-corrected chi connectivity index (χ3v) is 5.94. The lowest BCUT2D eigenvalue weighted by molar-refractivity contribution is 0.159. The predicted molar refractivity (Wildman–Crippen MR) is 82.9 cm³/mol. The lowest BCUT2D eigenvalue weighted by Crippen LogP contribution is -2.45. The van der Waals surface area contributed by atoms with Crippen molar-refractivity contribution in [3.63, 3.8) is 0 Å². The molecule has 3 atom stereocenters. The smallest absolute Gasteiger partial charge is 0.123 e. The van der Waals surface area contributed by atoms with Gasteiger partial charge in [-0.05, 0) is 62.3 Å². The SMILES string of the molecule is CC1CC2(CCNCC2c2ccc(F)cc2)CN1C1CC1. The molecular formula is C18H25FN2. The van der Waals surface area contributed by atoms with Crippen LogP contribution in [0.3, 0.4) is 0 Å². The lowest BCUT2D eigenvalue weighted by atomic mass is 9.66. The van der Waals surface area contributed by atoms with Gasteiger partial charge in [-0.3, -0.25) is 4.90 Å². The minimum absolute atomic E-state index is 0.129. The van der Waals surface area contributed by atoms with Crippen molar-refractivity contribution in [1.82, 2.24) is 10.2 Å². The summed E-state index contributed by atoms with van der Waals surface area (Å²) >= 11 is 0. The molecule has 4 rings (SSSR count). The van der Waals surface area contributed by atoms with Crippen LogP contribution in [0.2, 0.25) is 0 Å². The number of halogens is 1. The molecule has 2 nitrogen and oxygen atoms in total. The van der Waals surface area contributed by atoms with Crippen molar-refractivity contribution in [2.75, 3.05) is 19.6 Å². The van der Waals surface area contributed by atoms with Gasteiger partial charge in [0.25, 0.3) is 0 Å². The van der Waals surface area contributed by atoms with Crippen LogP contribution in [0.1, 0.15) is 44.1 Å². The van der Waals surface area contributed by atoms with Gasteiger partial charge in [-0.25, -0.2) is 4.39 Å². The summed E-state index contributed by atoms with van der Waals surface area (Å²) in [5, 5.41) is 3.56. The van der Waals surface area contributed by atoms with Crippen LogP contribution in [-0.4, -0.2) is 36.6 Å². The number of nitrogens with zero attached hydrogens (tertiary/aromatic N) is 1. The molecule has 1 saturated carbocycles. The Morgan fingerprint density at radius 3 is 2.71 bits per heavy atom. The van der Waals surface area contributed by atoms with Crippen LogP contribution in [0.25, 0.3) is 0 Å². The van der Waals surface area contributed by atoms with Crippen molar-refractivity contribution in [2.24, 2.45) is 5.41 Å². The molecule has 3 heteroatoms. The molecule has 0 radical (unpaired) electrons. The maximum atomic E-state index is 13.2. The van der Waals surface area contributed by atoms with Crippen molar-refractivity contribution in [3.8, 4) is 0 Å². The first-order valence-electron chi connectivity index (χ1n) is 8.40. The molecule has 3 aliphatic rings. The van der Waals surface area contributed by atoms with E-state index in [9.17, 15) is 4.39 Å². The summed E-state index contributed by atoms with van der Waals surface area (Å²) in [5.41, 5.74) is 1.71. The van der Waals surface area contributed by atoms with Gasteiger partial charge in [-0.15, -0.1) is 0 Å². The molecule has 1 N–H and O–H groups in total. The van der Waals surface area contributed by atoms with Gasteiger partial charge in [0.15, 0.2) is 0 Å². The van der Waals surface area contributed by atoms with E-state index in [1.54, 1.807) is 12.1 Å². The van der Waals surface area contributed by atoms with E-state index in [1.807, 2.05) is 12.1 Å². The third-order valence-electron chi connectivity index (χ3n) is 5.94. The zero-order chi connectivity index (χ0) is 14.4. The van der Waals surface area contributed by atoms with Crippen molar-refractivity contribution >= 4 is 0 Å². The molecule has 0 aromatic heterocycles. The molecule has 21 heavy (non-hydrogen) atoms. The van der Waals surface area contributed by atoms with Crippen LogP contribution < -0.4 is 5.32 Å². The lowest BCUT2D eigenvalue weighted by Gasteiger charge is -2.42. The van der Waals surface area contributed by atoms with E-state index >= 15 is 0 Å². The fourth-order valence-electron chi connectivity index (χ4n) is 4.76. The minimum Gasteiger partial charge on any atom is -0.316 e. The molecule has 1 aliphatic carbocycles. The Labute approximate surface area is 126 Å². The van der Waals surface area contributed by atoms with E-state index in [1.165, 1.54) is 37.8 Å². The van der Waals surface area contributed by atoms with Crippen LogP contribution in [0, 0.1) is 11.2 Å². The van der Waals surface area contributed by atoms with Crippen LogP contribution in [0.15, 0.2) is 24.3 Å². The molecular weight excluding hydrogens is 263 g/mol. The van der Waals surface area contributed by atoms with E-state index in [2.05, 4.69) is 17.1 Å². The normalized spacial score (nSPS) is 37.2. The summed E-state index contributed by atoms with van der Waals surface area (Å²) in [7, 11) is 0. The summed E-state index contributed by atoms with van der Waals surface area (Å²) in [6.07, 6.45) is 5.33. The Morgan fingerprint density at radius 1 is 1.24 bits per heavy atom. The summed E-state index contributed by atoms with van der Waals surface area (Å²) < 4.78 is 13.2. The summed E-state index contributed by atoms with van der Waals surface area (Å²) in [6.45, 7) is 5.80. The van der Waals surface area contributed by atoms with Gasteiger partial charge in [0, 0.05) is 31.1 Å². The molecule has 114 valence electrons. The van der Waals surface area contributed by atoms with Crippen molar-refractivity contribution < 1.29 is 4.39 Å². The van der Waals surface area contributed by atoms with Gasteiger partial charge in [0.1, 0.15) is 5.82 Å². The molecule has 2 heterocycles. The standard InChI is InChI=1S/C18H25FN2/c1-13-10-18(12-21(13)16-6-7-16)8-9-20-11-17(18)14-2-4-15(19)5-3-14/h2-5,13,16-17,20H,6-12H2,1H3. The number of hydrogen-bond acceptors (Lipinski definition) is 2. The molecule has 0 bridgehead atoms. The fourth-order valence-corrected chi connectivity index (χ4v) is 4.76. The largest absolute Gasteiger partial charge is 0.316 e. The first-order valence-corrected chi connectivity index (χ1v) is 8.40. The van der Waals surface area contributed by atoms with E-state index in [-0.39, 0.29) is 5.82 Å². The Morgan fingerprint density at radius 2 is 2.00 bits per heavy atom. The second-order valence-electron chi connectivity index (χ2n) is 7.38. The number of rotatable bonds is 2. The second kappa shape index (κ2) is 5.06. The number of nitrogens with one attached hydrogen (secondary N) is 1. The average molecular weight is 288 g/mol. The number of hydrogen-bond donors (Lipinski definition) is 1. The highest BCUT2D eigenvalue weighted by molar-refractivity contribution is 5.26. The van der Waals surface area contributed by atoms with E-state index in [0.717, 1.165) is 19.1 Å². The van der Waals surface area contributed by atoms with E-state index < -0.39 is 0 Å². The van der Waals surface area contributed by atoms with E-state index in [4.69, 9.17) is 0 Å². The molecule has 3 fully saturated rings. The quantitative estimate of drug-likeness (QED) is 0.899. The average Bonchev–Trinajstić information content (AvgIpc) is 3.26. The zero-order valence-electron chi connectivity index (χ0n) is 12.8. The topological polar surface area (TPSA) is 15.3 Å². The number of piperidine rings is 1. The maximum absolute atomic E-state index is 13.2. The molecule has 1 aromatic rings. The Bertz CT molecular complexity index is 510. The first kappa shape index (κ1) is 13.7. The van der Waals surface area contributed by atoms with Crippen LogP contribution >= 0.6 is 0 Å². The maximum Gasteiger partial charge on any atom is 0.123 e. The van der Waals surface area contributed by atoms with Crippen LogP contribution in [0.4, 0.5) is 4.39 Å². The van der Waals surface area contributed by atoms with Gasteiger partial charge in [0.2, 0.25) is 0 Å². The highest BCUT2D eigenvalue weighted by atomic mass is 19.1. The van der Waals surface area contributed by atoms with Gasteiger partial charge in [0.05, 0.1) is 0 Å². The van der Waals surface area contributed by atoms with Crippen LogP contribution in [0.5, 0.6) is 0 Å². The Kier molecular flexibility index (Phi) is 3.31. The molecule has 0 amide bonds. The van der Waals surface area contributed by atoms with Gasteiger partial charge < -0.3 is 5.32 Å². The van der Waals surface area contributed by atoms with Crippen LogP contribution in [-0.2, 0) is 0 Å². The van der Waals surface area contributed by atoms with E-state index in [0.29, 0.717) is 17.4 Å². The minimum atomic E-state index is -0.129. The summed E-state index contributed by atoms with van der Waals surface area (Å²) in [6, 6.07) is 8.79. The van der Waals surface area contributed by atoms with Crippen molar-refractivity contribution in [2.45, 2.75) is 50.6 Å². The summed E-state index contributed by atoms with van der Waals surface area (Å²) in [5.74, 6) is 0.397. The first-order chi connectivity index (χ1) is 10.2. The Hall–Kier alpha value is -0.930. The zero-order valence-corrected chi connectivity index (χ0v) is 12.8. The number of likely N-dealkylation sites (tertiary alicyclic amines) is 1. The van der Waals surface area contributed by atoms with Gasteiger partial charge in [-0.1, -0.05) is 12.1 Å². The van der Waals surface area contributed by atoms with Crippen molar-refractivity contribution in [1.29, 1.82) is 0 Å². The molecule has 2 saturated heterocycles. The number of benzene rings is 1. The van der Waals surface area contributed by atoms with Gasteiger partial charge in [-0.2, -0.15) is 0 Å². The third kappa shape index (κ3) is 2.40. The molecule has 2 aliphatic heterocycles. The van der Waals surface area contributed by atoms with Gasteiger partial charge >= 0.3 is 0 Å². The Balaban J connectivity index is 1.63. The second-order valence-corrected chi connectivity index (χ2v) is 7.38. The van der Waals surface area contributed by atoms with Crippen molar-refractivity contribution in [3.05, 3.63) is 35.6 Å². The molecule has 1 aromatic carbocycles. The monoisotopic (exact) mass is 288 g/mol. The fraction of sp³-hybridized carbons (Fsp3) is 0.667. The molecule has 1 spiro atoms. The predicted octanol–water partition coefficient (Wildman–Crippen LogP) is 3.15. The summed E-state index contributed by atoms with van der Waals surface area (Å²) in [4.78, 5) is 2.75.